The van der Waals surface area contributed by atoms with Crippen LogP contribution in [-0.4, -0.2) is 0 Å². The largest absolute Gasteiger partial charge is 0.416 e. The summed E-state index contributed by atoms with van der Waals surface area (Å²) >= 11 is 0. The monoisotopic (exact) mass is 368 g/mol. The van der Waals surface area contributed by atoms with E-state index in [1.165, 1.54) is 42.5 Å². The van der Waals surface area contributed by atoms with E-state index >= 15 is 0 Å². The van der Waals surface area contributed by atoms with Crippen molar-refractivity contribution in [3.63, 3.8) is 0 Å². The molecule has 0 spiro atoms. The third kappa shape index (κ3) is 4.02. The molecule has 25 heavy (non-hydrogen) atoms. The fourth-order valence-electron chi connectivity index (χ4n) is 2.50. The first-order valence-electron chi connectivity index (χ1n) is 7.33. The average molecular weight is 368 g/mol. The van der Waals surface area contributed by atoms with Crippen molar-refractivity contribution in [1.82, 2.24) is 0 Å². The summed E-state index contributed by atoms with van der Waals surface area (Å²) in [6.45, 7) is 0. The van der Waals surface area contributed by atoms with Gasteiger partial charge in [-0.25, -0.2) is 8.78 Å². The van der Waals surface area contributed by atoms with Gasteiger partial charge in [0.15, 0.2) is 0 Å². The van der Waals surface area contributed by atoms with Gasteiger partial charge in [0.25, 0.3) is 0 Å². The highest BCUT2D eigenvalue weighted by atomic mass is 32.2. The third-order valence-electron chi connectivity index (χ3n) is 3.56. The fraction of sp³-hybridized carbons (Fsp3) is 0.0526. The quantitative estimate of drug-likeness (QED) is 0.398. The van der Waals surface area contributed by atoms with Crippen molar-refractivity contribution in [2.24, 2.45) is 0 Å². The number of alkyl halides is 3. The summed E-state index contributed by atoms with van der Waals surface area (Å²) in [4.78, 5) is 1.40. The summed E-state index contributed by atoms with van der Waals surface area (Å²) in [7, 11) is -1.52. The minimum atomic E-state index is -4.49. The standard InChI is InChI=1S/C19H13F5S/c20-14-5-2-8-17(11-14)25(18-9-3-6-15(21)12-18)16-7-1-4-13(10-16)19(22,23)24/h1-12,25H. The van der Waals surface area contributed by atoms with Gasteiger partial charge in [0.1, 0.15) is 11.6 Å². The Morgan fingerprint density at radius 2 is 1.04 bits per heavy atom. The number of hydrogen-bond acceptors (Lipinski definition) is 0. The molecule has 3 rings (SSSR count). The smallest absolute Gasteiger partial charge is 0.207 e. The van der Waals surface area contributed by atoms with Crippen LogP contribution in [0.1, 0.15) is 5.56 Å². The molecule has 0 unspecified atom stereocenters. The van der Waals surface area contributed by atoms with Gasteiger partial charge in [-0.05, 0) is 69.3 Å². The van der Waals surface area contributed by atoms with Gasteiger partial charge in [-0.2, -0.15) is 24.1 Å². The SMILES string of the molecule is Fc1cccc([SH](c2cccc(F)c2)c2cccc(C(F)(F)F)c2)c1. The maximum absolute atomic E-state index is 13.7. The Hall–Kier alpha value is -2.34. The van der Waals surface area contributed by atoms with E-state index in [0.717, 1.165) is 12.1 Å². The predicted molar refractivity (Wildman–Crippen MR) is 88.0 cm³/mol. The molecule has 0 saturated carbocycles. The van der Waals surface area contributed by atoms with Crippen LogP contribution in [0.2, 0.25) is 0 Å². The molecule has 3 aromatic carbocycles. The van der Waals surface area contributed by atoms with E-state index in [9.17, 15) is 22.0 Å². The van der Waals surface area contributed by atoms with Gasteiger partial charge in [0.05, 0.1) is 5.56 Å². The molecule has 0 aliphatic rings. The molecule has 0 atom stereocenters. The van der Waals surface area contributed by atoms with Crippen molar-refractivity contribution in [2.75, 3.05) is 0 Å². The Balaban J connectivity index is 2.18. The first kappa shape index (κ1) is 17.5. The molecule has 3 aromatic rings. The molecule has 0 aliphatic heterocycles. The number of halogens is 5. The number of rotatable bonds is 3. The second-order valence-corrected chi connectivity index (χ2v) is 7.56. The molecule has 0 N–H and O–H groups in total. The van der Waals surface area contributed by atoms with Crippen molar-refractivity contribution in [2.45, 2.75) is 20.9 Å². The molecule has 0 nitrogen and oxygen atoms in total. The van der Waals surface area contributed by atoms with Gasteiger partial charge >= 0.3 is 6.18 Å². The van der Waals surface area contributed by atoms with Crippen LogP contribution in [0.3, 0.4) is 0 Å². The van der Waals surface area contributed by atoms with Crippen LogP contribution < -0.4 is 0 Å². The molecule has 130 valence electrons. The van der Waals surface area contributed by atoms with E-state index in [0.29, 0.717) is 14.7 Å². The molecular weight excluding hydrogens is 355 g/mol. The van der Waals surface area contributed by atoms with Crippen LogP contribution in [0.15, 0.2) is 87.5 Å². The van der Waals surface area contributed by atoms with E-state index < -0.39 is 34.3 Å². The summed E-state index contributed by atoms with van der Waals surface area (Å²) in [6, 6.07) is 16.2. The van der Waals surface area contributed by atoms with E-state index in [4.69, 9.17) is 0 Å². The molecule has 0 saturated heterocycles. The zero-order valence-electron chi connectivity index (χ0n) is 12.8. The molecular formula is C19H13F5S. The topological polar surface area (TPSA) is 0 Å². The van der Waals surface area contributed by atoms with Gasteiger partial charge in [-0.15, -0.1) is 0 Å². The minimum Gasteiger partial charge on any atom is -0.207 e. The Labute approximate surface area is 144 Å². The minimum absolute atomic E-state index is 0.376. The fourth-order valence-corrected chi connectivity index (χ4v) is 4.87. The van der Waals surface area contributed by atoms with Crippen molar-refractivity contribution in [3.8, 4) is 0 Å². The lowest BCUT2D eigenvalue weighted by molar-refractivity contribution is -0.137. The first-order chi connectivity index (χ1) is 11.8. The van der Waals surface area contributed by atoms with Gasteiger partial charge in [0, 0.05) is 0 Å². The highest BCUT2D eigenvalue weighted by Gasteiger charge is 2.31. The number of benzene rings is 3. The van der Waals surface area contributed by atoms with Crippen LogP contribution in [0.5, 0.6) is 0 Å². The molecule has 0 radical (unpaired) electrons. The first-order valence-corrected chi connectivity index (χ1v) is 8.67. The van der Waals surface area contributed by atoms with E-state index in [-0.39, 0.29) is 0 Å². The maximum atomic E-state index is 13.7. The van der Waals surface area contributed by atoms with Crippen LogP contribution in [0.25, 0.3) is 0 Å². The average Bonchev–Trinajstić information content (AvgIpc) is 2.55. The highest BCUT2D eigenvalue weighted by molar-refractivity contribution is 8.17. The van der Waals surface area contributed by atoms with Gasteiger partial charge in [-0.3, -0.25) is 0 Å². The van der Waals surface area contributed by atoms with Crippen molar-refractivity contribution < 1.29 is 22.0 Å². The third-order valence-corrected chi connectivity index (χ3v) is 5.95. The molecule has 0 aliphatic carbocycles. The van der Waals surface area contributed by atoms with Gasteiger partial charge in [-0.1, -0.05) is 18.2 Å². The Bertz CT molecular complexity index is 843. The van der Waals surface area contributed by atoms with Crippen molar-refractivity contribution in [3.05, 3.63) is 90.0 Å². The summed E-state index contributed by atoms with van der Waals surface area (Å²) in [5.74, 6) is -0.984. The second-order valence-electron chi connectivity index (χ2n) is 5.34. The Kier molecular flexibility index (Phi) is 4.81. The molecule has 0 aromatic heterocycles. The normalized spacial score (nSPS) is 12.1. The van der Waals surface area contributed by atoms with Crippen LogP contribution in [0, 0.1) is 11.6 Å². The second kappa shape index (κ2) is 6.88. The lowest BCUT2D eigenvalue weighted by Gasteiger charge is -2.24. The zero-order chi connectivity index (χ0) is 18.0. The van der Waals surface area contributed by atoms with Crippen LogP contribution in [-0.2, 0) is 6.18 Å². The summed E-state index contributed by atoms with van der Waals surface area (Å²) in [5.41, 5.74) is -0.787. The van der Waals surface area contributed by atoms with E-state index in [1.54, 1.807) is 18.2 Å². The Morgan fingerprint density at radius 3 is 1.48 bits per heavy atom. The lowest BCUT2D eigenvalue weighted by Crippen LogP contribution is -2.05. The van der Waals surface area contributed by atoms with Gasteiger partial charge in [0.2, 0.25) is 0 Å². The molecule has 6 heteroatoms. The van der Waals surface area contributed by atoms with Crippen molar-refractivity contribution >= 4 is 10.9 Å². The Morgan fingerprint density at radius 1 is 0.600 bits per heavy atom. The molecule has 0 heterocycles. The number of hydrogen-bond donors (Lipinski definition) is 1. The zero-order valence-corrected chi connectivity index (χ0v) is 13.7. The van der Waals surface area contributed by atoms with Crippen molar-refractivity contribution in [1.29, 1.82) is 0 Å². The summed E-state index contributed by atoms with van der Waals surface area (Å²) < 4.78 is 66.5. The maximum Gasteiger partial charge on any atom is 0.416 e. The molecule has 0 amide bonds. The lowest BCUT2D eigenvalue weighted by atomic mass is 10.2. The van der Waals surface area contributed by atoms with Crippen LogP contribution in [0.4, 0.5) is 22.0 Å². The van der Waals surface area contributed by atoms with E-state index in [2.05, 4.69) is 0 Å². The van der Waals surface area contributed by atoms with Crippen LogP contribution >= 0.6 is 10.9 Å². The van der Waals surface area contributed by atoms with Gasteiger partial charge < -0.3 is 0 Å². The predicted octanol–water partition coefficient (Wildman–Crippen LogP) is 6.46. The molecule has 0 bridgehead atoms. The molecule has 0 fully saturated rings. The number of thiol groups is 1. The summed E-state index contributed by atoms with van der Waals surface area (Å²) in [5, 5.41) is 0. The summed E-state index contributed by atoms with van der Waals surface area (Å²) in [6.07, 6.45) is -4.49. The van der Waals surface area contributed by atoms with E-state index in [1.807, 2.05) is 0 Å². The highest BCUT2D eigenvalue weighted by Crippen LogP contribution is 2.52.